The Morgan fingerprint density at radius 1 is 1.27 bits per heavy atom. The molecule has 1 atom stereocenters. The molecule has 0 spiro atoms. The van der Waals surface area contributed by atoms with Gasteiger partial charge in [0.25, 0.3) is 0 Å². The minimum absolute atomic E-state index is 0.147. The highest BCUT2D eigenvalue weighted by Crippen LogP contribution is 2.29. The minimum atomic E-state index is -0.719. The Bertz CT molecular complexity index is 924. The average Bonchev–Trinajstić information content (AvgIpc) is 3.22. The van der Waals surface area contributed by atoms with Crippen molar-refractivity contribution in [3.63, 3.8) is 0 Å². The van der Waals surface area contributed by atoms with E-state index >= 15 is 0 Å². The zero-order valence-electron chi connectivity index (χ0n) is 17.3. The Hall–Kier alpha value is -2.77. The van der Waals surface area contributed by atoms with Gasteiger partial charge in [-0.1, -0.05) is 23.7 Å². The van der Waals surface area contributed by atoms with Crippen molar-refractivity contribution in [2.45, 2.75) is 39.4 Å². The van der Waals surface area contributed by atoms with Crippen molar-refractivity contribution < 1.29 is 18.7 Å². The molecule has 0 radical (unpaired) electrons. The van der Waals surface area contributed by atoms with E-state index in [0.29, 0.717) is 35.1 Å². The van der Waals surface area contributed by atoms with E-state index in [4.69, 9.17) is 20.8 Å². The number of halogens is 1. The largest absolute Gasteiger partial charge is 0.467 e. The summed E-state index contributed by atoms with van der Waals surface area (Å²) in [5.74, 6) is -0.0239. The third-order valence-corrected chi connectivity index (χ3v) is 5.08. The molecule has 2 amide bonds. The molecule has 30 heavy (non-hydrogen) atoms. The smallest absolute Gasteiger partial charge is 0.338 e. The van der Waals surface area contributed by atoms with Gasteiger partial charge < -0.3 is 19.8 Å². The van der Waals surface area contributed by atoms with Crippen molar-refractivity contribution in [3.8, 4) is 0 Å². The van der Waals surface area contributed by atoms with Crippen molar-refractivity contribution in [2.24, 2.45) is 0 Å². The predicted octanol–water partition coefficient (Wildman–Crippen LogP) is 4.01. The van der Waals surface area contributed by atoms with E-state index in [-0.39, 0.29) is 12.6 Å². The maximum Gasteiger partial charge on any atom is 0.338 e. The first kappa shape index (κ1) is 21.9. The molecule has 0 saturated heterocycles. The third kappa shape index (κ3) is 5.23. The molecule has 0 aliphatic carbocycles. The molecule has 1 aromatic heterocycles. The highest BCUT2D eigenvalue weighted by Gasteiger charge is 2.36. The van der Waals surface area contributed by atoms with Crippen molar-refractivity contribution in [1.82, 2.24) is 15.5 Å². The maximum absolute atomic E-state index is 12.8. The molecule has 1 aromatic carbocycles. The molecule has 2 aromatic rings. The fraction of sp³-hybridized carbons (Fsp3) is 0.364. The predicted molar refractivity (Wildman–Crippen MR) is 114 cm³/mol. The summed E-state index contributed by atoms with van der Waals surface area (Å²) in [6, 6.07) is 10.1. The number of benzene rings is 1. The average molecular weight is 432 g/mol. The summed E-state index contributed by atoms with van der Waals surface area (Å²) < 4.78 is 10.8. The van der Waals surface area contributed by atoms with E-state index in [0.717, 1.165) is 5.56 Å². The maximum atomic E-state index is 12.8. The van der Waals surface area contributed by atoms with Gasteiger partial charge in [0.2, 0.25) is 0 Å². The van der Waals surface area contributed by atoms with Gasteiger partial charge >= 0.3 is 12.0 Å². The zero-order chi connectivity index (χ0) is 21.7. The van der Waals surface area contributed by atoms with Gasteiger partial charge in [-0.2, -0.15) is 0 Å². The van der Waals surface area contributed by atoms with Crippen LogP contribution >= 0.6 is 11.6 Å². The van der Waals surface area contributed by atoms with Crippen LogP contribution in [0.5, 0.6) is 0 Å². The summed E-state index contributed by atoms with van der Waals surface area (Å²) in [5.41, 5.74) is 1.87. The molecule has 1 aliphatic rings. The monoisotopic (exact) mass is 431 g/mol. The van der Waals surface area contributed by atoms with E-state index in [2.05, 4.69) is 29.4 Å². The van der Waals surface area contributed by atoms with Crippen LogP contribution in [0.2, 0.25) is 5.02 Å². The Kier molecular flexibility index (Phi) is 7.18. The van der Waals surface area contributed by atoms with Gasteiger partial charge in [0.1, 0.15) is 11.8 Å². The first-order chi connectivity index (χ1) is 14.4. The van der Waals surface area contributed by atoms with Gasteiger partial charge in [0, 0.05) is 29.9 Å². The Morgan fingerprint density at radius 3 is 2.70 bits per heavy atom. The molecule has 160 valence electrons. The standard InChI is InChI=1S/C22H26ClN3O4/c1-4-29-21(27)19-17(24-22(28)25-20(19)18-9-6-10-30-18)13-26(14(2)3)12-15-7-5-8-16(23)11-15/h5-11,14,20H,4,12-13H2,1-3H3,(H2,24,25,28). The highest BCUT2D eigenvalue weighted by atomic mass is 35.5. The number of nitrogens with zero attached hydrogens (tertiary/aromatic N) is 1. The molecule has 0 fully saturated rings. The normalized spacial score (nSPS) is 16.6. The number of esters is 1. The molecule has 1 unspecified atom stereocenters. The molecular formula is C22H26ClN3O4. The van der Waals surface area contributed by atoms with Crippen LogP contribution < -0.4 is 10.6 Å². The summed E-state index contributed by atoms with van der Waals surface area (Å²) in [6.07, 6.45) is 1.51. The van der Waals surface area contributed by atoms with Crippen LogP contribution in [-0.2, 0) is 16.1 Å². The molecule has 0 saturated carbocycles. The third-order valence-electron chi connectivity index (χ3n) is 4.84. The van der Waals surface area contributed by atoms with Gasteiger partial charge in [-0.05, 0) is 50.6 Å². The number of hydrogen-bond acceptors (Lipinski definition) is 5. The SMILES string of the molecule is CCOC(=O)C1=C(CN(Cc2cccc(Cl)c2)C(C)C)NC(=O)NC1c1ccco1. The first-order valence-electron chi connectivity index (χ1n) is 9.88. The van der Waals surface area contributed by atoms with Gasteiger partial charge in [0.15, 0.2) is 0 Å². The van der Waals surface area contributed by atoms with Crippen molar-refractivity contribution in [3.05, 3.63) is 70.3 Å². The molecule has 1 aliphatic heterocycles. The number of furan rings is 1. The van der Waals surface area contributed by atoms with Gasteiger partial charge in [-0.3, -0.25) is 4.90 Å². The van der Waals surface area contributed by atoms with E-state index in [1.807, 2.05) is 24.3 Å². The lowest BCUT2D eigenvalue weighted by Gasteiger charge is -2.33. The first-order valence-corrected chi connectivity index (χ1v) is 10.3. The number of carbonyl (C=O) groups excluding carboxylic acids is 2. The van der Waals surface area contributed by atoms with E-state index in [1.165, 1.54) is 6.26 Å². The Labute approximate surface area is 181 Å². The van der Waals surface area contributed by atoms with Crippen LogP contribution in [0.25, 0.3) is 0 Å². The molecule has 2 heterocycles. The number of ether oxygens (including phenoxy) is 1. The summed E-state index contributed by atoms with van der Waals surface area (Å²) in [6.45, 7) is 7.04. The van der Waals surface area contributed by atoms with Crippen LogP contribution in [0, 0.1) is 0 Å². The molecule has 7 nitrogen and oxygen atoms in total. The topological polar surface area (TPSA) is 83.8 Å². The minimum Gasteiger partial charge on any atom is -0.467 e. The van der Waals surface area contributed by atoms with Crippen molar-refractivity contribution in [2.75, 3.05) is 13.2 Å². The molecule has 2 N–H and O–H groups in total. The van der Waals surface area contributed by atoms with E-state index in [9.17, 15) is 9.59 Å². The fourth-order valence-corrected chi connectivity index (χ4v) is 3.57. The van der Waals surface area contributed by atoms with Gasteiger partial charge in [0.05, 0.1) is 18.4 Å². The highest BCUT2D eigenvalue weighted by molar-refractivity contribution is 6.30. The quantitative estimate of drug-likeness (QED) is 0.617. The van der Waals surface area contributed by atoms with Crippen LogP contribution in [-0.4, -0.2) is 36.1 Å². The summed E-state index contributed by atoms with van der Waals surface area (Å²) in [5, 5.41) is 6.22. The Balaban J connectivity index is 1.96. The number of carbonyl (C=O) groups is 2. The fourth-order valence-electron chi connectivity index (χ4n) is 3.36. The van der Waals surface area contributed by atoms with E-state index in [1.54, 1.807) is 19.1 Å². The zero-order valence-corrected chi connectivity index (χ0v) is 18.0. The van der Waals surface area contributed by atoms with E-state index < -0.39 is 18.0 Å². The second-order valence-corrected chi connectivity index (χ2v) is 7.72. The van der Waals surface area contributed by atoms with Gasteiger partial charge in [-0.25, -0.2) is 9.59 Å². The summed E-state index contributed by atoms with van der Waals surface area (Å²) in [4.78, 5) is 27.3. The lowest BCUT2D eigenvalue weighted by molar-refractivity contribution is -0.139. The van der Waals surface area contributed by atoms with Gasteiger partial charge in [-0.15, -0.1) is 0 Å². The Morgan fingerprint density at radius 2 is 2.07 bits per heavy atom. The summed E-state index contributed by atoms with van der Waals surface area (Å²) in [7, 11) is 0. The molecule has 3 rings (SSSR count). The number of nitrogens with one attached hydrogen (secondary N) is 2. The lowest BCUT2D eigenvalue weighted by Crippen LogP contribution is -2.49. The number of urea groups is 1. The molecule has 0 bridgehead atoms. The molecular weight excluding hydrogens is 406 g/mol. The van der Waals surface area contributed by atoms with Crippen LogP contribution in [0.15, 0.2) is 58.3 Å². The van der Waals surface area contributed by atoms with Crippen molar-refractivity contribution in [1.29, 1.82) is 0 Å². The molecule has 8 heteroatoms. The number of amides is 2. The van der Waals surface area contributed by atoms with Crippen LogP contribution in [0.1, 0.15) is 38.1 Å². The number of rotatable bonds is 8. The number of hydrogen-bond donors (Lipinski definition) is 2. The van der Waals surface area contributed by atoms with Crippen molar-refractivity contribution >= 4 is 23.6 Å². The van der Waals surface area contributed by atoms with Crippen LogP contribution in [0.4, 0.5) is 4.79 Å². The lowest BCUT2D eigenvalue weighted by atomic mass is 9.99. The second-order valence-electron chi connectivity index (χ2n) is 7.29. The summed E-state index contributed by atoms with van der Waals surface area (Å²) >= 11 is 6.13. The van der Waals surface area contributed by atoms with Crippen LogP contribution in [0.3, 0.4) is 0 Å². The second kappa shape index (κ2) is 9.82.